The quantitative estimate of drug-likeness (QED) is 0.538. The highest BCUT2D eigenvalue weighted by Gasteiger charge is 2.37. The van der Waals surface area contributed by atoms with Crippen LogP contribution in [0.15, 0.2) is 41.4 Å². The van der Waals surface area contributed by atoms with E-state index in [-0.39, 0.29) is 11.7 Å². The van der Waals surface area contributed by atoms with Crippen LogP contribution in [0.2, 0.25) is 5.15 Å². The number of carbonyl (C=O) groups is 1. The minimum absolute atomic E-state index is 0.230. The number of carbonyl (C=O) groups excluding carboxylic acids is 1. The smallest absolute Gasteiger partial charge is 0.292 e. The second-order valence-electron chi connectivity index (χ2n) is 6.44. The number of nitrogens with one attached hydrogen (secondary N) is 1. The average Bonchev–Trinajstić information content (AvgIpc) is 3.39. The van der Waals surface area contributed by atoms with E-state index in [1.54, 1.807) is 28.7 Å². The molecule has 1 unspecified atom stereocenters. The Morgan fingerprint density at radius 1 is 1.37 bits per heavy atom. The molecular weight excluding hydrogens is 368 g/mol. The van der Waals surface area contributed by atoms with Gasteiger partial charge in [0.15, 0.2) is 6.39 Å². The maximum atomic E-state index is 13.2. The van der Waals surface area contributed by atoms with Crippen molar-refractivity contribution in [1.29, 1.82) is 0 Å². The number of rotatable bonds is 2. The lowest BCUT2D eigenvalue weighted by atomic mass is 9.99. The number of fused-ring (bicyclic) bond motifs is 2. The van der Waals surface area contributed by atoms with Gasteiger partial charge in [-0.3, -0.25) is 4.79 Å². The van der Waals surface area contributed by atoms with E-state index in [9.17, 15) is 4.79 Å². The van der Waals surface area contributed by atoms with Crippen LogP contribution >= 0.6 is 11.6 Å². The second-order valence-corrected chi connectivity index (χ2v) is 6.83. The van der Waals surface area contributed by atoms with Crippen molar-refractivity contribution in [2.24, 2.45) is 0 Å². The highest BCUT2D eigenvalue weighted by molar-refractivity contribution is 6.29. The van der Waals surface area contributed by atoms with Crippen LogP contribution in [0.25, 0.3) is 5.52 Å². The molecule has 0 saturated carbocycles. The summed E-state index contributed by atoms with van der Waals surface area (Å²) in [5, 5.41) is 5.14. The molecule has 5 rings (SSSR count). The lowest BCUT2D eigenvalue weighted by molar-refractivity contribution is 0.0653. The summed E-state index contributed by atoms with van der Waals surface area (Å²) >= 11 is 6.26. The van der Waals surface area contributed by atoms with E-state index in [2.05, 4.69) is 20.1 Å². The van der Waals surface area contributed by atoms with Crippen molar-refractivity contribution in [2.75, 3.05) is 6.54 Å². The van der Waals surface area contributed by atoms with E-state index >= 15 is 0 Å². The number of aromatic nitrogens is 5. The molecule has 1 amide bonds. The molecule has 1 atom stereocenters. The Hall–Kier alpha value is -3.13. The maximum absolute atomic E-state index is 13.2. The Bertz CT molecular complexity index is 1160. The fourth-order valence-electron chi connectivity index (χ4n) is 3.57. The van der Waals surface area contributed by atoms with Gasteiger partial charge in [0.05, 0.1) is 28.9 Å². The molecule has 0 aromatic carbocycles. The highest BCUT2D eigenvalue weighted by atomic mass is 35.5. The summed E-state index contributed by atoms with van der Waals surface area (Å²) < 4.78 is 6.99. The summed E-state index contributed by atoms with van der Waals surface area (Å²) in [6.45, 7) is 2.26. The van der Waals surface area contributed by atoms with E-state index in [0.717, 1.165) is 16.9 Å². The van der Waals surface area contributed by atoms with Gasteiger partial charge in [0.2, 0.25) is 5.76 Å². The zero-order chi connectivity index (χ0) is 18.5. The molecule has 0 bridgehead atoms. The first-order chi connectivity index (χ1) is 13.1. The van der Waals surface area contributed by atoms with Crippen LogP contribution in [0.1, 0.15) is 39.4 Å². The standard InChI is InChI=1S/C18H15ClN6O2/c1-10-17(27-9-22-10)18(26)24-6-5-12-15(21-8-20-12)16(24)13-7-11-3-2-4-14(19)25(11)23-13/h2-4,7-9,16H,5-6H2,1H3,(H,20,21). The van der Waals surface area contributed by atoms with E-state index in [0.29, 0.717) is 29.5 Å². The van der Waals surface area contributed by atoms with Gasteiger partial charge in [-0.15, -0.1) is 0 Å². The Kier molecular flexibility index (Phi) is 3.54. The summed E-state index contributed by atoms with van der Waals surface area (Å²) in [4.78, 5) is 26.6. The third-order valence-corrected chi connectivity index (χ3v) is 5.15. The van der Waals surface area contributed by atoms with Gasteiger partial charge in [-0.05, 0) is 25.1 Å². The van der Waals surface area contributed by atoms with Gasteiger partial charge < -0.3 is 14.3 Å². The van der Waals surface area contributed by atoms with Gasteiger partial charge in [-0.2, -0.15) is 5.10 Å². The Labute approximate surface area is 158 Å². The van der Waals surface area contributed by atoms with Crippen LogP contribution in [0.3, 0.4) is 0 Å². The van der Waals surface area contributed by atoms with Gasteiger partial charge in [0.25, 0.3) is 5.91 Å². The number of imidazole rings is 1. The van der Waals surface area contributed by atoms with Gasteiger partial charge in [0, 0.05) is 18.7 Å². The van der Waals surface area contributed by atoms with Crippen LogP contribution < -0.4 is 0 Å². The fraction of sp³-hybridized carbons (Fsp3) is 0.222. The van der Waals surface area contributed by atoms with Crippen LogP contribution in [-0.2, 0) is 6.42 Å². The molecule has 4 aromatic rings. The summed E-state index contributed by atoms with van der Waals surface area (Å²) in [5.74, 6) is 0.00702. The van der Waals surface area contributed by atoms with Gasteiger partial charge in [-0.25, -0.2) is 14.5 Å². The van der Waals surface area contributed by atoms with Crippen molar-refractivity contribution in [3.8, 4) is 0 Å². The SMILES string of the molecule is Cc1ncoc1C(=O)N1CCc2[nH]cnc2C1c1cc2cccc(Cl)n2n1. The number of H-pyrrole nitrogens is 1. The molecule has 0 radical (unpaired) electrons. The van der Waals surface area contributed by atoms with E-state index in [1.165, 1.54) is 6.39 Å². The highest BCUT2D eigenvalue weighted by Crippen LogP contribution is 2.34. The lowest BCUT2D eigenvalue weighted by Crippen LogP contribution is -2.41. The number of pyridine rings is 1. The number of hydrogen-bond acceptors (Lipinski definition) is 5. The zero-order valence-corrected chi connectivity index (χ0v) is 15.1. The van der Waals surface area contributed by atoms with Crippen LogP contribution in [-0.4, -0.2) is 41.9 Å². The summed E-state index contributed by atoms with van der Waals surface area (Å²) in [6, 6.07) is 7.04. The van der Waals surface area contributed by atoms with Crippen molar-refractivity contribution in [1.82, 2.24) is 29.5 Å². The second kappa shape index (κ2) is 5.95. The summed E-state index contributed by atoms with van der Waals surface area (Å²) in [7, 11) is 0. The van der Waals surface area contributed by atoms with Crippen molar-refractivity contribution < 1.29 is 9.21 Å². The van der Waals surface area contributed by atoms with Crippen LogP contribution in [0.4, 0.5) is 0 Å². The average molecular weight is 383 g/mol. The predicted molar refractivity (Wildman–Crippen MR) is 96.6 cm³/mol. The molecule has 0 aliphatic carbocycles. The molecule has 0 saturated heterocycles. The molecule has 1 N–H and O–H groups in total. The minimum atomic E-state index is -0.437. The van der Waals surface area contributed by atoms with E-state index in [1.807, 2.05) is 18.2 Å². The van der Waals surface area contributed by atoms with Crippen LogP contribution in [0.5, 0.6) is 0 Å². The molecule has 27 heavy (non-hydrogen) atoms. The van der Waals surface area contributed by atoms with Crippen molar-refractivity contribution >= 4 is 23.0 Å². The van der Waals surface area contributed by atoms with Crippen molar-refractivity contribution in [3.05, 3.63) is 70.7 Å². The first-order valence-corrected chi connectivity index (χ1v) is 8.88. The number of aromatic amines is 1. The Balaban J connectivity index is 1.66. The molecule has 136 valence electrons. The van der Waals surface area contributed by atoms with Gasteiger partial charge in [-0.1, -0.05) is 17.7 Å². The summed E-state index contributed by atoms with van der Waals surface area (Å²) in [6.07, 6.45) is 3.61. The zero-order valence-electron chi connectivity index (χ0n) is 14.4. The molecule has 0 spiro atoms. The van der Waals surface area contributed by atoms with E-state index < -0.39 is 6.04 Å². The maximum Gasteiger partial charge on any atom is 0.292 e. The normalized spacial score (nSPS) is 16.7. The number of halogens is 1. The molecule has 8 nitrogen and oxygen atoms in total. The Morgan fingerprint density at radius 2 is 2.26 bits per heavy atom. The van der Waals surface area contributed by atoms with Crippen molar-refractivity contribution in [2.45, 2.75) is 19.4 Å². The minimum Gasteiger partial charge on any atom is -0.438 e. The monoisotopic (exact) mass is 382 g/mol. The number of nitrogens with zero attached hydrogens (tertiary/aromatic N) is 5. The topological polar surface area (TPSA) is 92.3 Å². The number of aryl methyl sites for hydroxylation is 1. The molecule has 5 heterocycles. The first-order valence-electron chi connectivity index (χ1n) is 8.51. The molecule has 9 heteroatoms. The molecular formula is C18H15ClN6O2. The van der Waals surface area contributed by atoms with Crippen LogP contribution in [0, 0.1) is 6.92 Å². The first kappa shape index (κ1) is 16.1. The molecule has 4 aromatic heterocycles. The van der Waals surface area contributed by atoms with E-state index in [4.69, 9.17) is 16.0 Å². The summed E-state index contributed by atoms with van der Waals surface area (Å²) in [5.41, 5.74) is 3.89. The third-order valence-electron chi connectivity index (χ3n) is 4.86. The fourth-order valence-corrected chi connectivity index (χ4v) is 3.78. The Morgan fingerprint density at radius 3 is 3.04 bits per heavy atom. The van der Waals surface area contributed by atoms with Gasteiger partial charge in [0.1, 0.15) is 11.2 Å². The van der Waals surface area contributed by atoms with Gasteiger partial charge >= 0.3 is 0 Å². The number of oxazole rings is 1. The predicted octanol–water partition coefficient (Wildman–Crippen LogP) is 2.80. The molecule has 1 aliphatic rings. The number of hydrogen-bond donors (Lipinski definition) is 1. The molecule has 0 fully saturated rings. The molecule has 1 aliphatic heterocycles. The van der Waals surface area contributed by atoms with Crippen molar-refractivity contribution in [3.63, 3.8) is 0 Å². The third kappa shape index (κ3) is 2.44. The number of amides is 1. The lowest BCUT2D eigenvalue weighted by Gasteiger charge is -2.33. The largest absolute Gasteiger partial charge is 0.438 e.